The van der Waals surface area contributed by atoms with Crippen LogP contribution >= 0.6 is 0 Å². The van der Waals surface area contributed by atoms with Crippen molar-refractivity contribution in [3.05, 3.63) is 48.6 Å². The summed E-state index contributed by atoms with van der Waals surface area (Å²) in [6.07, 6.45) is 10.9. The van der Waals surface area contributed by atoms with Crippen molar-refractivity contribution in [1.82, 2.24) is 29.5 Å². The summed E-state index contributed by atoms with van der Waals surface area (Å²) in [5, 5.41) is 0. The Bertz CT molecular complexity index is 857. The van der Waals surface area contributed by atoms with Crippen molar-refractivity contribution in [2.75, 3.05) is 11.4 Å². The third kappa shape index (κ3) is 2.51. The third-order valence-corrected chi connectivity index (χ3v) is 4.41. The largest absolute Gasteiger partial charge is 0.348 e. The molecule has 3 aromatic heterocycles. The predicted octanol–water partition coefficient (Wildman–Crippen LogP) is 2.32. The van der Waals surface area contributed by atoms with E-state index in [2.05, 4.69) is 29.8 Å². The van der Waals surface area contributed by atoms with E-state index in [0.717, 1.165) is 48.1 Å². The smallest absolute Gasteiger partial charge is 0.160 e. The molecule has 3 aromatic rings. The van der Waals surface area contributed by atoms with Gasteiger partial charge in [0.1, 0.15) is 17.8 Å². The van der Waals surface area contributed by atoms with Crippen LogP contribution in [0.5, 0.6) is 0 Å². The van der Waals surface area contributed by atoms with Gasteiger partial charge in [0.2, 0.25) is 0 Å². The lowest BCUT2D eigenvalue weighted by Gasteiger charge is -2.26. The molecule has 0 aromatic carbocycles. The first-order valence-corrected chi connectivity index (χ1v) is 8.08. The Morgan fingerprint density at radius 3 is 2.71 bits per heavy atom. The number of hydrogen-bond acceptors (Lipinski definition) is 6. The van der Waals surface area contributed by atoms with Crippen LogP contribution < -0.4 is 4.90 Å². The normalized spacial score (nSPS) is 17.4. The minimum Gasteiger partial charge on any atom is -0.348 e. The van der Waals surface area contributed by atoms with Gasteiger partial charge in [-0.2, -0.15) is 0 Å². The molecule has 7 nitrogen and oxygen atoms in total. The van der Waals surface area contributed by atoms with Crippen LogP contribution in [0.1, 0.15) is 30.3 Å². The summed E-state index contributed by atoms with van der Waals surface area (Å²) in [6.45, 7) is 2.94. The van der Waals surface area contributed by atoms with Crippen LogP contribution in [0.3, 0.4) is 0 Å². The fourth-order valence-corrected chi connectivity index (χ4v) is 3.28. The van der Waals surface area contributed by atoms with Gasteiger partial charge in [-0.3, -0.25) is 4.98 Å². The van der Waals surface area contributed by atoms with E-state index in [-0.39, 0.29) is 6.04 Å². The van der Waals surface area contributed by atoms with Crippen LogP contribution in [0.4, 0.5) is 5.82 Å². The maximum atomic E-state index is 4.66. The zero-order chi connectivity index (χ0) is 16.5. The SMILES string of the molecule is Cc1cc(N2CCC[C@@H]2c2nccnc2-c2nccn2C)ncn1. The Kier molecular flexibility index (Phi) is 3.68. The Morgan fingerprint density at radius 1 is 1.04 bits per heavy atom. The number of imidazole rings is 1. The minimum absolute atomic E-state index is 0.152. The topological polar surface area (TPSA) is 72.6 Å². The predicted molar refractivity (Wildman–Crippen MR) is 90.3 cm³/mol. The average molecular weight is 321 g/mol. The molecule has 1 saturated heterocycles. The second-order valence-corrected chi connectivity index (χ2v) is 6.02. The molecule has 1 atom stereocenters. The highest BCUT2D eigenvalue weighted by molar-refractivity contribution is 5.56. The summed E-state index contributed by atoms with van der Waals surface area (Å²) in [5.41, 5.74) is 2.77. The molecular formula is C17H19N7. The van der Waals surface area contributed by atoms with Crippen molar-refractivity contribution in [3.63, 3.8) is 0 Å². The quantitative estimate of drug-likeness (QED) is 0.737. The van der Waals surface area contributed by atoms with Gasteiger partial charge in [0, 0.05) is 50.1 Å². The second-order valence-electron chi connectivity index (χ2n) is 6.02. The molecular weight excluding hydrogens is 302 g/mol. The molecule has 1 aliphatic rings. The van der Waals surface area contributed by atoms with Gasteiger partial charge < -0.3 is 9.47 Å². The van der Waals surface area contributed by atoms with E-state index < -0.39 is 0 Å². The first kappa shape index (κ1) is 14.7. The molecule has 122 valence electrons. The highest BCUT2D eigenvalue weighted by Gasteiger charge is 2.31. The Hall–Kier alpha value is -2.83. The van der Waals surface area contributed by atoms with Crippen LogP contribution in [0.15, 0.2) is 37.2 Å². The van der Waals surface area contributed by atoms with Gasteiger partial charge in [0.15, 0.2) is 5.82 Å². The van der Waals surface area contributed by atoms with Crippen LogP contribution in [0.2, 0.25) is 0 Å². The lowest BCUT2D eigenvalue weighted by atomic mass is 10.1. The molecule has 1 fully saturated rings. The fourth-order valence-electron chi connectivity index (χ4n) is 3.28. The number of aromatic nitrogens is 6. The molecule has 1 aliphatic heterocycles. The van der Waals surface area contributed by atoms with Crippen molar-refractivity contribution in [1.29, 1.82) is 0 Å². The zero-order valence-electron chi connectivity index (χ0n) is 13.8. The van der Waals surface area contributed by atoms with Gasteiger partial charge in [0.05, 0.1) is 11.7 Å². The number of rotatable bonds is 3. The number of anilines is 1. The Morgan fingerprint density at radius 2 is 1.92 bits per heavy atom. The second kappa shape index (κ2) is 5.99. The highest BCUT2D eigenvalue weighted by atomic mass is 15.2. The van der Waals surface area contributed by atoms with Gasteiger partial charge in [-0.25, -0.2) is 19.9 Å². The van der Waals surface area contributed by atoms with E-state index in [1.165, 1.54) is 0 Å². The van der Waals surface area contributed by atoms with Gasteiger partial charge >= 0.3 is 0 Å². The zero-order valence-corrected chi connectivity index (χ0v) is 13.8. The molecule has 0 N–H and O–H groups in total. The van der Waals surface area contributed by atoms with Gasteiger partial charge in [-0.1, -0.05) is 0 Å². The number of hydrogen-bond donors (Lipinski definition) is 0. The molecule has 0 saturated carbocycles. The van der Waals surface area contributed by atoms with Gasteiger partial charge in [0.25, 0.3) is 0 Å². The molecule has 0 amide bonds. The van der Waals surface area contributed by atoms with Gasteiger partial charge in [-0.05, 0) is 19.8 Å². The van der Waals surface area contributed by atoms with E-state index in [9.17, 15) is 0 Å². The lowest BCUT2D eigenvalue weighted by Crippen LogP contribution is -2.25. The fraction of sp³-hybridized carbons (Fsp3) is 0.353. The lowest BCUT2D eigenvalue weighted by molar-refractivity contribution is 0.681. The first-order valence-electron chi connectivity index (χ1n) is 8.08. The molecule has 0 radical (unpaired) electrons. The molecule has 0 aliphatic carbocycles. The van der Waals surface area contributed by atoms with E-state index in [1.54, 1.807) is 24.9 Å². The van der Waals surface area contributed by atoms with E-state index in [4.69, 9.17) is 0 Å². The molecule has 7 heteroatoms. The monoisotopic (exact) mass is 321 g/mol. The third-order valence-electron chi connectivity index (χ3n) is 4.41. The average Bonchev–Trinajstić information content (AvgIpc) is 3.23. The molecule has 0 bridgehead atoms. The highest BCUT2D eigenvalue weighted by Crippen LogP contribution is 2.37. The molecule has 0 spiro atoms. The van der Waals surface area contributed by atoms with E-state index >= 15 is 0 Å². The Labute approximate surface area is 140 Å². The summed E-state index contributed by atoms with van der Waals surface area (Å²) in [4.78, 5) is 24.6. The first-order chi connectivity index (χ1) is 11.7. The van der Waals surface area contributed by atoms with Crippen LogP contribution in [0.25, 0.3) is 11.5 Å². The van der Waals surface area contributed by atoms with Gasteiger partial charge in [-0.15, -0.1) is 0 Å². The standard InChI is InChI=1S/C17H19N7/c1-12-10-14(22-11-21-12)24-8-3-4-13(24)15-16(19-6-5-18-15)17-20-7-9-23(17)2/h5-7,9-11,13H,3-4,8H2,1-2H3/t13-/m1/s1. The Balaban J connectivity index is 1.77. The van der Waals surface area contributed by atoms with Crippen molar-refractivity contribution in [2.24, 2.45) is 7.05 Å². The van der Waals surface area contributed by atoms with Crippen molar-refractivity contribution >= 4 is 5.82 Å². The van der Waals surface area contributed by atoms with Crippen LogP contribution in [0, 0.1) is 6.92 Å². The van der Waals surface area contributed by atoms with Crippen molar-refractivity contribution in [3.8, 4) is 11.5 Å². The maximum Gasteiger partial charge on any atom is 0.160 e. The van der Waals surface area contributed by atoms with Crippen LogP contribution in [-0.2, 0) is 7.05 Å². The maximum absolute atomic E-state index is 4.66. The summed E-state index contributed by atoms with van der Waals surface area (Å²) >= 11 is 0. The van der Waals surface area contributed by atoms with Crippen molar-refractivity contribution in [2.45, 2.75) is 25.8 Å². The van der Waals surface area contributed by atoms with Crippen molar-refractivity contribution < 1.29 is 0 Å². The van der Waals surface area contributed by atoms with E-state index in [0.29, 0.717) is 0 Å². The number of aryl methyl sites for hydroxylation is 2. The molecule has 4 heterocycles. The van der Waals surface area contributed by atoms with Crippen LogP contribution in [-0.4, -0.2) is 36.0 Å². The number of nitrogens with zero attached hydrogens (tertiary/aromatic N) is 7. The summed E-state index contributed by atoms with van der Waals surface area (Å²) in [5.74, 6) is 1.78. The molecule has 4 rings (SSSR count). The summed E-state index contributed by atoms with van der Waals surface area (Å²) in [6, 6.07) is 2.18. The minimum atomic E-state index is 0.152. The summed E-state index contributed by atoms with van der Waals surface area (Å²) < 4.78 is 1.97. The van der Waals surface area contributed by atoms with E-state index in [1.807, 2.05) is 30.8 Å². The molecule has 0 unspecified atom stereocenters. The molecule has 24 heavy (non-hydrogen) atoms. The summed E-state index contributed by atoms with van der Waals surface area (Å²) in [7, 11) is 1.97.